The average molecular weight is 344 g/mol. The first-order chi connectivity index (χ1) is 10.7. The van der Waals surface area contributed by atoms with E-state index in [9.17, 15) is 4.39 Å². The highest BCUT2D eigenvalue weighted by molar-refractivity contribution is 8.22. The molecule has 2 heterocycles. The summed E-state index contributed by atoms with van der Waals surface area (Å²) in [6.45, 7) is 0.300. The van der Waals surface area contributed by atoms with Gasteiger partial charge in [-0.05, 0) is 18.5 Å². The summed E-state index contributed by atoms with van der Waals surface area (Å²) in [7, 11) is 0. The van der Waals surface area contributed by atoms with Gasteiger partial charge in [0.2, 0.25) is 4.38 Å². The highest BCUT2D eigenvalue weighted by Gasteiger charge is 2.47. The molecule has 0 radical (unpaired) electrons. The van der Waals surface area contributed by atoms with Crippen molar-refractivity contribution in [2.24, 2.45) is 0 Å². The standard InChI is InChI=1S/C15H17FO4S2/c1-22-15(21)20-12-10(16)7-17-11-8-18-14(19-13(11)12)9-5-3-2-4-6-9/h2-6,10-14H,7-8H2,1H3/t10-,11+,12+,13+,14?/m0/s1. The molecule has 0 aromatic heterocycles. The Morgan fingerprint density at radius 1 is 1.27 bits per heavy atom. The number of fused-ring (bicyclic) bond motifs is 1. The molecule has 4 nitrogen and oxygen atoms in total. The fourth-order valence-corrected chi connectivity index (χ4v) is 2.90. The monoisotopic (exact) mass is 344 g/mol. The zero-order valence-corrected chi connectivity index (χ0v) is 13.6. The van der Waals surface area contributed by atoms with Crippen molar-refractivity contribution in [2.45, 2.75) is 30.8 Å². The second kappa shape index (κ2) is 7.23. The van der Waals surface area contributed by atoms with E-state index >= 15 is 0 Å². The van der Waals surface area contributed by atoms with Crippen LogP contribution in [-0.2, 0) is 18.9 Å². The third kappa shape index (κ3) is 3.44. The average Bonchev–Trinajstić information content (AvgIpc) is 2.57. The van der Waals surface area contributed by atoms with Crippen molar-refractivity contribution in [3.05, 3.63) is 35.9 Å². The second-order valence-corrected chi connectivity index (χ2v) is 6.51. The summed E-state index contributed by atoms with van der Waals surface area (Å²) in [5.41, 5.74) is 0.883. The lowest BCUT2D eigenvalue weighted by atomic mass is 9.99. The van der Waals surface area contributed by atoms with E-state index in [0.29, 0.717) is 11.0 Å². The number of thioether (sulfide) groups is 1. The smallest absolute Gasteiger partial charge is 0.220 e. The van der Waals surface area contributed by atoms with E-state index < -0.39 is 24.7 Å². The Morgan fingerprint density at radius 2 is 2.05 bits per heavy atom. The highest BCUT2D eigenvalue weighted by Crippen LogP contribution is 2.34. The highest BCUT2D eigenvalue weighted by atomic mass is 32.2. The number of alkyl halides is 1. The van der Waals surface area contributed by atoms with Crippen molar-refractivity contribution in [1.82, 2.24) is 0 Å². The molecule has 0 aliphatic carbocycles. The van der Waals surface area contributed by atoms with Crippen molar-refractivity contribution in [1.29, 1.82) is 0 Å². The lowest BCUT2D eigenvalue weighted by molar-refractivity contribution is -0.306. The number of ether oxygens (including phenoxy) is 4. The maximum atomic E-state index is 14.2. The molecule has 1 aromatic carbocycles. The van der Waals surface area contributed by atoms with E-state index in [0.717, 1.165) is 5.56 Å². The first-order valence-electron chi connectivity index (χ1n) is 7.01. The normalized spacial score (nSPS) is 34.7. The van der Waals surface area contributed by atoms with Gasteiger partial charge in [0.15, 0.2) is 18.6 Å². The molecule has 2 aliphatic rings. The van der Waals surface area contributed by atoms with Crippen LogP contribution >= 0.6 is 24.0 Å². The predicted molar refractivity (Wildman–Crippen MR) is 85.6 cm³/mol. The molecule has 1 unspecified atom stereocenters. The van der Waals surface area contributed by atoms with Gasteiger partial charge in [0.25, 0.3) is 0 Å². The zero-order chi connectivity index (χ0) is 15.5. The van der Waals surface area contributed by atoms with E-state index in [1.54, 1.807) is 6.26 Å². The molecule has 0 amide bonds. The van der Waals surface area contributed by atoms with Gasteiger partial charge in [-0.2, -0.15) is 0 Å². The Labute approximate surface area is 138 Å². The minimum Gasteiger partial charge on any atom is -0.469 e. The van der Waals surface area contributed by atoms with Crippen LogP contribution < -0.4 is 0 Å². The van der Waals surface area contributed by atoms with Gasteiger partial charge in [-0.3, -0.25) is 0 Å². The fraction of sp³-hybridized carbons (Fsp3) is 0.533. The van der Waals surface area contributed by atoms with Gasteiger partial charge in [-0.25, -0.2) is 4.39 Å². The van der Waals surface area contributed by atoms with E-state index in [1.165, 1.54) is 11.8 Å². The molecule has 2 fully saturated rings. The lowest BCUT2D eigenvalue weighted by Crippen LogP contribution is -2.58. The van der Waals surface area contributed by atoms with E-state index in [1.807, 2.05) is 30.3 Å². The molecule has 0 N–H and O–H groups in total. The molecule has 0 saturated carbocycles. The molecule has 7 heteroatoms. The number of halogens is 1. The summed E-state index contributed by atoms with van der Waals surface area (Å²) >= 11 is 6.32. The Morgan fingerprint density at radius 3 is 2.77 bits per heavy atom. The van der Waals surface area contributed by atoms with Crippen LogP contribution in [0, 0.1) is 0 Å². The Bertz CT molecular complexity index is 516. The summed E-state index contributed by atoms with van der Waals surface area (Å²) in [6.07, 6.45) is -1.70. The maximum Gasteiger partial charge on any atom is 0.220 e. The Balaban J connectivity index is 1.75. The van der Waals surface area contributed by atoms with Gasteiger partial charge < -0.3 is 18.9 Å². The second-order valence-electron chi connectivity index (χ2n) is 5.10. The fourth-order valence-electron chi connectivity index (χ4n) is 2.58. The first kappa shape index (κ1) is 16.1. The minimum absolute atomic E-state index is 0.0362. The van der Waals surface area contributed by atoms with E-state index in [-0.39, 0.29) is 12.7 Å². The van der Waals surface area contributed by atoms with Crippen LogP contribution in [-0.4, -0.2) is 48.3 Å². The predicted octanol–water partition coefficient (Wildman–Crippen LogP) is 2.87. The molecule has 2 aliphatic heterocycles. The first-order valence-corrected chi connectivity index (χ1v) is 8.64. The van der Waals surface area contributed by atoms with Crippen molar-refractivity contribution < 1.29 is 23.3 Å². The number of rotatable bonds is 2. The molecule has 3 rings (SSSR count). The van der Waals surface area contributed by atoms with Crippen molar-refractivity contribution in [3.63, 3.8) is 0 Å². The van der Waals surface area contributed by atoms with Crippen molar-refractivity contribution in [2.75, 3.05) is 19.5 Å². The molecule has 0 spiro atoms. The quantitative estimate of drug-likeness (QED) is 0.768. The summed E-state index contributed by atoms with van der Waals surface area (Å²) in [5.74, 6) is 0. The maximum absolute atomic E-state index is 14.2. The SMILES string of the molecule is CSC(=S)O[C@H]1[C@@H]2OC(c3ccccc3)OC[C@H]2OC[C@@H]1F. The molecule has 0 bridgehead atoms. The summed E-state index contributed by atoms with van der Waals surface area (Å²) in [4.78, 5) is 0. The zero-order valence-electron chi connectivity index (χ0n) is 12.0. The van der Waals surface area contributed by atoms with Gasteiger partial charge in [-0.15, -0.1) is 0 Å². The van der Waals surface area contributed by atoms with Gasteiger partial charge in [0.1, 0.15) is 12.2 Å². The Hall–Kier alpha value is -0.730. The van der Waals surface area contributed by atoms with Crippen molar-refractivity contribution in [3.8, 4) is 0 Å². The number of hydrogen-bond donors (Lipinski definition) is 0. The number of benzene rings is 1. The van der Waals surface area contributed by atoms with E-state index in [4.69, 9.17) is 31.2 Å². The summed E-state index contributed by atoms with van der Waals surface area (Å²) < 4.78 is 37.2. The van der Waals surface area contributed by atoms with Gasteiger partial charge >= 0.3 is 0 Å². The van der Waals surface area contributed by atoms with Gasteiger partial charge in [0.05, 0.1) is 13.2 Å². The van der Waals surface area contributed by atoms with Gasteiger partial charge in [0, 0.05) is 5.56 Å². The third-order valence-electron chi connectivity index (χ3n) is 3.68. The molecular formula is C15H17FO4S2. The van der Waals surface area contributed by atoms with Crippen LogP contribution in [0.25, 0.3) is 0 Å². The molecule has 5 atom stereocenters. The van der Waals surface area contributed by atoms with Crippen LogP contribution in [0.1, 0.15) is 11.9 Å². The topological polar surface area (TPSA) is 36.9 Å². The van der Waals surface area contributed by atoms with E-state index in [2.05, 4.69) is 0 Å². The minimum atomic E-state index is -1.28. The third-order valence-corrected chi connectivity index (χ3v) is 4.71. The van der Waals surface area contributed by atoms with Gasteiger partial charge in [-0.1, -0.05) is 42.1 Å². The molecular weight excluding hydrogens is 327 g/mol. The number of thiocarbonyl (C=S) groups is 1. The molecule has 22 heavy (non-hydrogen) atoms. The van der Waals surface area contributed by atoms with Crippen LogP contribution in [0.2, 0.25) is 0 Å². The van der Waals surface area contributed by atoms with Crippen LogP contribution in [0.4, 0.5) is 4.39 Å². The molecule has 2 saturated heterocycles. The van der Waals surface area contributed by atoms with Crippen molar-refractivity contribution >= 4 is 28.4 Å². The summed E-state index contributed by atoms with van der Waals surface area (Å²) in [6, 6.07) is 9.54. The van der Waals surface area contributed by atoms with Crippen LogP contribution in [0.3, 0.4) is 0 Å². The lowest BCUT2D eigenvalue weighted by Gasteiger charge is -2.44. The summed E-state index contributed by atoms with van der Waals surface area (Å²) in [5, 5.41) is 0. The Kier molecular flexibility index (Phi) is 5.30. The van der Waals surface area contributed by atoms with Crippen LogP contribution in [0.15, 0.2) is 30.3 Å². The molecule has 1 aromatic rings. The molecule has 120 valence electrons. The van der Waals surface area contributed by atoms with Crippen LogP contribution in [0.5, 0.6) is 0 Å². The largest absolute Gasteiger partial charge is 0.469 e. The number of hydrogen-bond acceptors (Lipinski definition) is 6.